The normalized spacial score (nSPS) is 12.7. The topological polar surface area (TPSA) is 51.6 Å². The molecule has 0 saturated carbocycles. The van der Waals surface area contributed by atoms with Gasteiger partial charge in [-0.1, -0.05) is 164 Å². The zero-order valence-corrected chi connectivity index (χ0v) is 26.6. The molecule has 1 aliphatic carbocycles. The van der Waals surface area contributed by atoms with Crippen molar-refractivity contribution in [2.24, 2.45) is 0 Å². The molecule has 9 rings (SSSR count). The van der Waals surface area contributed by atoms with Crippen molar-refractivity contribution in [1.29, 1.82) is 0 Å². The number of aromatic nitrogens is 4. The van der Waals surface area contributed by atoms with E-state index in [-0.39, 0.29) is 0 Å². The van der Waals surface area contributed by atoms with Gasteiger partial charge >= 0.3 is 0 Å². The van der Waals surface area contributed by atoms with Gasteiger partial charge in [-0.3, -0.25) is 4.98 Å². The molecule has 1 aliphatic rings. The van der Waals surface area contributed by atoms with Gasteiger partial charge in [0.25, 0.3) is 0 Å². The lowest BCUT2D eigenvalue weighted by molar-refractivity contribution is 0.768. The Labute approximate surface area is 285 Å². The lowest BCUT2D eigenvalue weighted by Crippen LogP contribution is -2.28. The number of benzene rings is 6. The Balaban J connectivity index is 1.29. The summed E-state index contributed by atoms with van der Waals surface area (Å²) in [6.07, 6.45) is 1.81. The first-order valence-electron chi connectivity index (χ1n) is 16.5. The van der Waals surface area contributed by atoms with E-state index in [2.05, 4.69) is 132 Å². The van der Waals surface area contributed by atoms with Gasteiger partial charge in [0.2, 0.25) is 0 Å². The van der Waals surface area contributed by atoms with Gasteiger partial charge in [0.15, 0.2) is 17.5 Å². The Morgan fingerprint density at radius 1 is 0.347 bits per heavy atom. The van der Waals surface area contributed by atoms with Crippen molar-refractivity contribution >= 4 is 0 Å². The molecule has 0 N–H and O–H groups in total. The summed E-state index contributed by atoms with van der Waals surface area (Å²) in [4.78, 5) is 19.9. The molecule has 2 aromatic heterocycles. The van der Waals surface area contributed by atoms with Crippen LogP contribution in [0.15, 0.2) is 182 Å². The number of rotatable bonds is 6. The summed E-state index contributed by atoms with van der Waals surface area (Å²) in [5.41, 5.74) is 11.5. The Hall–Kier alpha value is -6.52. The molecule has 49 heavy (non-hydrogen) atoms. The molecule has 4 nitrogen and oxygen atoms in total. The van der Waals surface area contributed by atoms with Gasteiger partial charge in [-0.25, -0.2) is 15.0 Å². The molecule has 0 saturated heterocycles. The van der Waals surface area contributed by atoms with E-state index in [1.165, 1.54) is 27.8 Å². The van der Waals surface area contributed by atoms with Gasteiger partial charge < -0.3 is 0 Å². The van der Waals surface area contributed by atoms with Gasteiger partial charge in [0, 0.05) is 28.5 Å². The van der Waals surface area contributed by atoms with Crippen LogP contribution in [0.2, 0.25) is 0 Å². The summed E-state index contributed by atoms with van der Waals surface area (Å²) in [6, 6.07) is 61.4. The zero-order chi connectivity index (χ0) is 32.6. The summed E-state index contributed by atoms with van der Waals surface area (Å²) in [6.45, 7) is 0. The quantitative estimate of drug-likeness (QED) is 0.184. The Kier molecular flexibility index (Phi) is 6.98. The van der Waals surface area contributed by atoms with Gasteiger partial charge in [-0.2, -0.15) is 0 Å². The minimum atomic E-state index is -0.510. The Bertz CT molecular complexity index is 2370. The van der Waals surface area contributed by atoms with Crippen LogP contribution in [0.1, 0.15) is 22.3 Å². The minimum absolute atomic E-state index is 0.510. The van der Waals surface area contributed by atoms with Crippen LogP contribution in [0.25, 0.3) is 56.5 Å². The first-order chi connectivity index (χ1) is 24.3. The van der Waals surface area contributed by atoms with Crippen LogP contribution in [0.3, 0.4) is 0 Å². The number of hydrogen-bond donors (Lipinski definition) is 0. The van der Waals surface area contributed by atoms with Crippen LogP contribution in [-0.4, -0.2) is 19.9 Å². The van der Waals surface area contributed by atoms with E-state index in [0.29, 0.717) is 17.5 Å². The smallest absolute Gasteiger partial charge is 0.164 e. The summed E-state index contributed by atoms with van der Waals surface area (Å²) >= 11 is 0. The first kappa shape index (κ1) is 28.7. The van der Waals surface area contributed by atoms with Gasteiger partial charge in [0.1, 0.15) is 0 Å². The first-order valence-corrected chi connectivity index (χ1v) is 16.5. The third-order valence-corrected chi connectivity index (χ3v) is 9.49. The molecule has 0 aliphatic heterocycles. The van der Waals surface area contributed by atoms with E-state index in [4.69, 9.17) is 15.0 Å². The maximum atomic E-state index is 5.21. The second-order valence-corrected chi connectivity index (χ2v) is 12.2. The fraction of sp³-hybridized carbons (Fsp3) is 0.0222. The maximum absolute atomic E-state index is 5.21. The van der Waals surface area contributed by atoms with E-state index in [1.807, 2.05) is 54.7 Å². The zero-order valence-electron chi connectivity index (χ0n) is 26.6. The Morgan fingerprint density at radius 3 is 1.51 bits per heavy atom. The summed E-state index contributed by atoms with van der Waals surface area (Å²) in [5, 5.41) is 0. The molecular formula is C45H30N4. The van der Waals surface area contributed by atoms with Crippen molar-refractivity contribution in [3.8, 4) is 56.5 Å². The second kappa shape index (κ2) is 11.9. The molecule has 0 radical (unpaired) electrons. The van der Waals surface area contributed by atoms with Crippen LogP contribution in [0, 0.1) is 0 Å². The minimum Gasteiger partial charge on any atom is -0.256 e. The van der Waals surface area contributed by atoms with E-state index < -0.39 is 5.41 Å². The molecule has 0 bridgehead atoms. The highest BCUT2D eigenvalue weighted by molar-refractivity contribution is 5.94. The van der Waals surface area contributed by atoms with Crippen LogP contribution >= 0.6 is 0 Å². The molecule has 0 atom stereocenters. The predicted molar refractivity (Wildman–Crippen MR) is 197 cm³/mol. The molecule has 4 heteroatoms. The maximum Gasteiger partial charge on any atom is 0.164 e. The largest absolute Gasteiger partial charge is 0.256 e. The Morgan fingerprint density at radius 2 is 0.857 bits per heavy atom. The number of pyridine rings is 1. The highest BCUT2D eigenvalue weighted by atomic mass is 15.0. The summed E-state index contributed by atoms with van der Waals surface area (Å²) in [7, 11) is 0. The molecule has 0 amide bonds. The van der Waals surface area contributed by atoms with Crippen LogP contribution in [-0.2, 0) is 5.41 Å². The van der Waals surface area contributed by atoms with Gasteiger partial charge in [-0.15, -0.1) is 0 Å². The SMILES string of the molecule is c1ccc(-c2nc(-c3ccc(-c4ccccn4)cc3)nc(-c3cccc4c3-c3ccccc3C4(c3ccccc3)c3ccccc3)n2)cc1. The monoisotopic (exact) mass is 626 g/mol. The van der Waals surface area contributed by atoms with E-state index >= 15 is 0 Å². The van der Waals surface area contributed by atoms with Crippen molar-refractivity contribution in [3.63, 3.8) is 0 Å². The third kappa shape index (κ3) is 4.77. The lowest BCUT2D eigenvalue weighted by Gasteiger charge is -2.33. The molecule has 6 aromatic carbocycles. The van der Waals surface area contributed by atoms with E-state index in [1.54, 1.807) is 0 Å². The summed E-state index contributed by atoms with van der Waals surface area (Å²) < 4.78 is 0. The molecule has 0 spiro atoms. The average Bonchev–Trinajstić information content (AvgIpc) is 3.50. The van der Waals surface area contributed by atoms with Gasteiger partial charge in [-0.05, 0) is 45.5 Å². The molecule has 2 heterocycles. The van der Waals surface area contributed by atoms with Crippen molar-refractivity contribution < 1.29 is 0 Å². The number of nitrogens with zero attached hydrogens (tertiary/aromatic N) is 4. The van der Waals surface area contributed by atoms with Crippen LogP contribution < -0.4 is 0 Å². The predicted octanol–water partition coefficient (Wildman–Crippen LogP) is 10.3. The molecule has 230 valence electrons. The number of hydrogen-bond acceptors (Lipinski definition) is 4. The lowest BCUT2D eigenvalue weighted by atomic mass is 9.67. The molecular weight excluding hydrogens is 597 g/mol. The summed E-state index contributed by atoms with van der Waals surface area (Å²) in [5.74, 6) is 1.90. The van der Waals surface area contributed by atoms with Crippen LogP contribution in [0.4, 0.5) is 0 Å². The van der Waals surface area contributed by atoms with Gasteiger partial charge in [0.05, 0.1) is 11.1 Å². The molecule has 8 aromatic rings. The fourth-order valence-corrected chi connectivity index (χ4v) is 7.34. The molecule has 0 unspecified atom stereocenters. The third-order valence-electron chi connectivity index (χ3n) is 9.49. The van der Waals surface area contributed by atoms with E-state index in [9.17, 15) is 0 Å². The second-order valence-electron chi connectivity index (χ2n) is 12.2. The van der Waals surface area contributed by atoms with Crippen molar-refractivity contribution in [2.75, 3.05) is 0 Å². The van der Waals surface area contributed by atoms with Crippen LogP contribution in [0.5, 0.6) is 0 Å². The van der Waals surface area contributed by atoms with E-state index in [0.717, 1.165) is 33.5 Å². The average molecular weight is 627 g/mol. The van der Waals surface area contributed by atoms with Crippen molar-refractivity contribution in [2.45, 2.75) is 5.41 Å². The standard InChI is InChI=1S/C45H30N4/c1-4-15-32(16-5-1)42-47-43(33-28-26-31(27-29-33)40-25-12-13-30-46-40)49-44(48-42)37-22-14-24-39-41(37)36-21-10-11-23-38(36)45(39,34-17-6-2-7-18-34)35-19-8-3-9-20-35/h1-30H. The highest BCUT2D eigenvalue weighted by Crippen LogP contribution is 2.58. The highest BCUT2D eigenvalue weighted by Gasteiger charge is 2.46. The fourth-order valence-electron chi connectivity index (χ4n) is 7.34. The number of fused-ring (bicyclic) bond motifs is 3. The van der Waals surface area contributed by atoms with Crippen molar-refractivity contribution in [1.82, 2.24) is 19.9 Å². The van der Waals surface area contributed by atoms with Crippen molar-refractivity contribution in [3.05, 3.63) is 204 Å². The molecule has 0 fully saturated rings.